The van der Waals surface area contributed by atoms with Gasteiger partial charge < -0.3 is 9.67 Å². The van der Waals surface area contributed by atoms with Gasteiger partial charge in [0, 0.05) is 26.0 Å². The number of hydrogen-bond donors (Lipinski definition) is 1. The average Bonchev–Trinajstić information content (AvgIpc) is 3.10. The van der Waals surface area contributed by atoms with Gasteiger partial charge in [-0.25, -0.2) is 4.98 Å². The highest BCUT2D eigenvalue weighted by molar-refractivity contribution is 7.07. The minimum atomic E-state index is -0.432. The van der Waals surface area contributed by atoms with Crippen molar-refractivity contribution in [3.05, 3.63) is 40.6 Å². The predicted molar refractivity (Wildman–Crippen MR) is 80.5 cm³/mol. The van der Waals surface area contributed by atoms with Crippen LogP contribution in [0.2, 0.25) is 0 Å². The molecular formula is C15H21N3OS. The van der Waals surface area contributed by atoms with Gasteiger partial charge >= 0.3 is 0 Å². The van der Waals surface area contributed by atoms with Gasteiger partial charge in [0.25, 0.3) is 0 Å². The molecule has 1 fully saturated rings. The van der Waals surface area contributed by atoms with E-state index in [2.05, 4.69) is 26.7 Å². The molecule has 1 saturated heterocycles. The molecule has 0 aromatic carbocycles. The highest BCUT2D eigenvalue weighted by Crippen LogP contribution is 2.30. The quantitative estimate of drug-likeness (QED) is 0.940. The first kappa shape index (κ1) is 13.8. The Bertz CT molecular complexity index is 529. The van der Waals surface area contributed by atoms with E-state index in [-0.39, 0.29) is 0 Å². The summed E-state index contributed by atoms with van der Waals surface area (Å²) in [7, 11) is 1.94. The van der Waals surface area contributed by atoms with Crippen molar-refractivity contribution < 1.29 is 5.11 Å². The van der Waals surface area contributed by atoms with Crippen LogP contribution in [0.15, 0.2) is 29.2 Å². The van der Waals surface area contributed by atoms with Crippen molar-refractivity contribution in [1.82, 2.24) is 14.5 Å². The van der Waals surface area contributed by atoms with Gasteiger partial charge in [0.05, 0.1) is 0 Å². The van der Waals surface area contributed by atoms with Gasteiger partial charge in [-0.1, -0.05) is 0 Å². The SMILES string of the molecule is Cn1ccnc1C(O)C1CCN(Cc2ccsc2)CC1. The number of nitrogens with zero attached hydrogens (tertiary/aromatic N) is 3. The molecule has 0 bridgehead atoms. The third-order valence-corrected chi connectivity index (χ3v) is 4.92. The maximum Gasteiger partial charge on any atom is 0.137 e. The molecule has 0 saturated carbocycles. The van der Waals surface area contributed by atoms with E-state index in [4.69, 9.17) is 0 Å². The molecule has 108 valence electrons. The fourth-order valence-electron chi connectivity index (χ4n) is 2.94. The maximum absolute atomic E-state index is 10.5. The highest BCUT2D eigenvalue weighted by Gasteiger charge is 2.28. The molecule has 1 aliphatic heterocycles. The number of aryl methyl sites for hydroxylation is 1. The molecule has 0 aliphatic carbocycles. The first-order chi connectivity index (χ1) is 9.74. The lowest BCUT2D eigenvalue weighted by atomic mass is 9.90. The van der Waals surface area contributed by atoms with Crippen LogP contribution in [0.4, 0.5) is 0 Å². The zero-order valence-electron chi connectivity index (χ0n) is 11.8. The first-order valence-corrected chi connectivity index (χ1v) is 8.07. The Balaban J connectivity index is 1.54. The van der Waals surface area contributed by atoms with Gasteiger partial charge in [-0.15, -0.1) is 0 Å². The second-order valence-electron chi connectivity index (χ2n) is 5.59. The van der Waals surface area contributed by atoms with E-state index >= 15 is 0 Å². The fraction of sp³-hybridized carbons (Fsp3) is 0.533. The number of aliphatic hydroxyl groups is 1. The van der Waals surface area contributed by atoms with Crippen molar-refractivity contribution in [3.63, 3.8) is 0 Å². The molecule has 2 aromatic heterocycles. The second kappa shape index (κ2) is 6.08. The summed E-state index contributed by atoms with van der Waals surface area (Å²) in [5.41, 5.74) is 1.40. The number of likely N-dealkylation sites (tertiary alicyclic amines) is 1. The molecule has 0 spiro atoms. The van der Waals surface area contributed by atoms with Crippen LogP contribution in [0.3, 0.4) is 0 Å². The molecule has 1 N–H and O–H groups in total. The van der Waals surface area contributed by atoms with Crippen LogP contribution in [0.1, 0.15) is 30.3 Å². The molecule has 1 unspecified atom stereocenters. The summed E-state index contributed by atoms with van der Waals surface area (Å²) >= 11 is 1.76. The van der Waals surface area contributed by atoms with Crippen LogP contribution in [0.25, 0.3) is 0 Å². The molecule has 0 amide bonds. The van der Waals surface area contributed by atoms with Gasteiger partial charge in [-0.2, -0.15) is 11.3 Å². The molecule has 3 heterocycles. The Morgan fingerprint density at radius 3 is 2.85 bits per heavy atom. The van der Waals surface area contributed by atoms with Crippen LogP contribution < -0.4 is 0 Å². The smallest absolute Gasteiger partial charge is 0.137 e. The van der Waals surface area contributed by atoms with Gasteiger partial charge in [-0.3, -0.25) is 4.90 Å². The zero-order chi connectivity index (χ0) is 13.9. The van der Waals surface area contributed by atoms with E-state index in [9.17, 15) is 5.11 Å². The Morgan fingerprint density at radius 1 is 1.45 bits per heavy atom. The monoisotopic (exact) mass is 291 g/mol. The molecule has 1 aliphatic rings. The number of imidazole rings is 1. The van der Waals surface area contributed by atoms with Crippen molar-refractivity contribution >= 4 is 11.3 Å². The van der Waals surface area contributed by atoms with Crippen LogP contribution in [-0.4, -0.2) is 32.6 Å². The molecular weight excluding hydrogens is 270 g/mol. The number of rotatable bonds is 4. The summed E-state index contributed by atoms with van der Waals surface area (Å²) in [6, 6.07) is 2.19. The van der Waals surface area contributed by atoms with E-state index in [1.54, 1.807) is 17.5 Å². The molecule has 3 rings (SSSR count). The number of aromatic nitrogens is 2. The lowest BCUT2D eigenvalue weighted by Crippen LogP contribution is -2.35. The third kappa shape index (κ3) is 2.95. The summed E-state index contributed by atoms with van der Waals surface area (Å²) in [5.74, 6) is 1.12. The van der Waals surface area contributed by atoms with Crippen LogP contribution >= 0.6 is 11.3 Å². The van der Waals surface area contributed by atoms with Gasteiger partial charge in [0.1, 0.15) is 11.9 Å². The van der Waals surface area contributed by atoms with Crippen molar-refractivity contribution in [1.29, 1.82) is 0 Å². The molecule has 0 radical (unpaired) electrons. The van der Waals surface area contributed by atoms with E-state index < -0.39 is 6.10 Å². The minimum Gasteiger partial charge on any atom is -0.385 e. The first-order valence-electron chi connectivity index (χ1n) is 7.13. The minimum absolute atomic E-state index is 0.329. The fourth-order valence-corrected chi connectivity index (χ4v) is 3.60. The lowest BCUT2D eigenvalue weighted by molar-refractivity contribution is 0.0492. The van der Waals surface area contributed by atoms with Crippen molar-refractivity contribution in [2.24, 2.45) is 13.0 Å². The Labute approximate surface area is 123 Å². The number of aliphatic hydroxyl groups excluding tert-OH is 1. The van der Waals surface area contributed by atoms with E-state index in [1.807, 2.05) is 17.8 Å². The Morgan fingerprint density at radius 2 is 2.25 bits per heavy atom. The van der Waals surface area contributed by atoms with Crippen LogP contribution in [0.5, 0.6) is 0 Å². The number of piperidine rings is 1. The van der Waals surface area contributed by atoms with Gasteiger partial charge in [0.15, 0.2) is 0 Å². The normalized spacial score (nSPS) is 19.3. The van der Waals surface area contributed by atoms with Crippen LogP contribution in [0, 0.1) is 5.92 Å². The third-order valence-electron chi connectivity index (χ3n) is 4.19. The lowest BCUT2D eigenvalue weighted by Gasteiger charge is -2.33. The molecule has 5 heteroatoms. The molecule has 2 aromatic rings. The average molecular weight is 291 g/mol. The Hall–Kier alpha value is -1.17. The summed E-state index contributed by atoms with van der Waals surface area (Å²) < 4.78 is 1.92. The van der Waals surface area contributed by atoms with Crippen molar-refractivity contribution in [2.45, 2.75) is 25.5 Å². The van der Waals surface area contributed by atoms with E-state index in [0.29, 0.717) is 5.92 Å². The summed E-state index contributed by atoms with van der Waals surface area (Å²) in [6.07, 6.45) is 5.29. The highest BCUT2D eigenvalue weighted by atomic mass is 32.1. The van der Waals surface area contributed by atoms with E-state index in [1.165, 1.54) is 5.56 Å². The second-order valence-corrected chi connectivity index (χ2v) is 6.37. The van der Waals surface area contributed by atoms with E-state index in [0.717, 1.165) is 38.3 Å². The summed E-state index contributed by atoms with van der Waals surface area (Å²) in [6.45, 7) is 3.15. The van der Waals surface area contributed by atoms with Gasteiger partial charge in [-0.05, 0) is 54.2 Å². The largest absolute Gasteiger partial charge is 0.385 e. The van der Waals surface area contributed by atoms with Crippen LogP contribution in [-0.2, 0) is 13.6 Å². The van der Waals surface area contributed by atoms with Gasteiger partial charge in [0.2, 0.25) is 0 Å². The van der Waals surface area contributed by atoms with Crippen molar-refractivity contribution in [3.8, 4) is 0 Å². The Kier molecular flexibility index (Phi) is 4.19. The molecule has 1 atom stereocenters. The standard InChI is InChI=1S/C15H21N3OS/c1-17-8-5-16-15(17)14(19)13-2-6-18(7-3-13)10-12-4-9-20-11-12/h4-5,8-9,11,13-14,19H,2-3,6-7,10H2,1H3. The molecule has 4 nitrogen and oxygen atoms in total. The number of thiophene rings is 1. The summed E-state index contributed by atoms with van der Waals surface area (Å²) in [5, 5.41) is 14.8. The zero-order valence-corrected chi connectivity index (χ0v) is 12.6. The predicted octanol–water partition coefficient (Wildman–Crippen LogP) is 2.43. The maximum atomic E-state index is 10.5. The van der Waals surface area contributed by atoms with Crippen molar-refractivity contribution in [2.75, 3.05) is 13.1 Å². The number of hydrogen-bond acceptors (Lipinski definition) is 4. The summed E-state index contributed by atoms with van der Waals surface area (Å²) in [4.78, 5) is 6.75. The molecule has 20 heavy (non-hydrogen) atoms. The topological polar surface area (TPSA) is 41.3 Å².